The van der Waals surface area contributed by atoms with Crippen LogP contribution >= 0.6 is 11.6 Å². The molecule has 2 heterocycles. The van der Waals surface area contributed by atoms with E-state index in [4.69, 9.17) is 20.4 Å². The SMILES string of the molecule is Clc1ccc(CNc2cccc(-c3cnco3)c2)o1. The number of hydrogen-bond donors (Lipinski definition) is 1. The average Bonchev–Trinajstić information content (AvgIpc) is 3.08. The zero-order chi connectivity index (χ0) is 13.1. The first-order valence-electron chi connectivity index (χ1n) is 5.78. The van der Waals surface area contributed by atoms with Gasteiger partial charge in [0.05, 0.1) is 12.7 Å². The minimum absolute atomic E-state index is 0.396. The van der Waals surface area contributed by atoms with Crippen LogP contribution in [0.4, 0.5) is 5.69 Å². The molecule has 0 spiro atoms. The van der Waals surface area contributed by atoms with Crippen molar-refractivity contribution in [2.45, 2.75) is 6.54 Å². The van der Waals surface area contributed by atoms with Gasteiger partial charge in [-0.15, -0.1) is 0 Å². The highest BCUT2D eigenvalue weighted by Gasteiger charge is 2.03. The molecule has 0 radical (unpaired) electrons. The van der Waals surface area contributed by atoms with E-state index < -0.39 is 0 Å². The maximum atomic E-state index is 5.72. The number of halogens is 1. The molecule has 0 fully saturated rings. The van der Waals surface area contributed by atoms with Crippen LogP contribution in [0, 0.1) is 0 Å². The molecule has 0 amide bonds. The first kappa shape index (κ1) is 11.9. The fourth-order valence-electron chi connectivity index (χ4n) is 1.78. The molecule has 2 aromatic heterocycles. The van der Waals surface area contributed by atoms with Gasteiger partial charge in [0.15, 0.2) is 17.4 Å². The molecular formula is C14H11ClN2O2. The molecule has 5 heteroatoms. The maximum absolute atomic E-state index is 5.72. The lowest BCUT2D eigenvalue weighted by Gasteiger charge is -2.05. The standard InChI is InChI=1S/C14H11ClN2O2/c15-14-5-4-12(19-14)7-17-11-3-1-2-10(6-11)13-8-16-9-18-13/h1-6,8-9,17H,7H2. The van der Waals surface area contributed by atoms with Crippen molar-refractivity contribution in [3.63, 3.8) is 0 Å². The molecule has 0 aliphatic carbocycles. The van der Waals surface area contributed by atoms with E-state index in [-0.39, 0.29) is 0 Å². The van der Waals surface area contributed by atoms with E-state index in [0.29, 0.717) is 11.8 Å². The second-order valence-electron chi connectivity index (χ2n) is 4.01. The lowest BCUT2D eigenvalue weighted by atomic mass is 10.1. The molecule has 19 heavy (non-hydrogen) atoms. The first-order chi connectivity index (χ1) is 9.31. The Kier molecular flexibility index (Phi) is 3.25. The van der Waals surface area contributed by atoms with Gasteiger partial charge < -0.3 is 14.2 Å². The monoisotopic (exact) mass is 274 g/mol. The Hall–Kier alpha value is -2.20. The Morgan fingerprint density at radius 1 is 1.21 bits per heavy atom. The third kappa shape index (κ3) is 2.80. The number of nitrogens with one attached hydrogen (secondary N) is 1. The molecule has 0 atom stereocenters. The minimum atomic E-state index is 0.396. The van der Waals surface area contributed by atoms with Gasteiger partial charge in [-0.3, -0.25) is 0 Å². The van der Waals surface area contributed by atoms with Crippen LogP contribution in [0.1, 0.15) is 5.76 Å². The summed E-state index contributed by atoms with van der Waals surface area (Å²) in [5.74, 6) is 1.53. The van der Waals surface area contributed by atoms with Gasteiger partial charge in [-0.1, -0.05) is 12.1 Å². The predicted molar refractivity (Wildman–Crippen MR) is 73.0 cm³/mol. The number of furan rings is 1. The number of anilines is 1. The van der Waals surface area contributed by atoms with E-state index in [1.807, 2.05) is 30.3 Å². The number of aromatic nitrogens is 1. The molecule has 3 rings (SSSR count). The van der Waals surface area contributed by atoms with E-state index in [2.05, 4.69) is 10.3 Å². The van der Waals surface area contributed by atoms with Crippen LogP contribution in [-0.4, -0.2) is 4.98 Å². The van der Waals surface area contributed by atoms with Crippen LogP contribution in [0.5, 0.6) is 0 Å². The fraction of sp³-hybridized carbons (Fsp3) is 0.0714. The highest BCUT2D eigenvalue weighted by Crippen LogP contribution is 2.22. The van der Waals surface area contributed by atoms with Gasteiger partial charge in [0, 0.05) is 11.3 Å². The van der Waals surface area contributed by atoms with Gasteiger partial charge in [0.1, 0.15) is 5.76 Å². The average molecular weight is 275 g/mol. The van der Waals surface area contributed by atoms with Crippen LogP contribution in [0.15, 0.2) is 57.8 Å². The second-order valence-corrected chi connectivity index (χ2v) is 4.38. The molecule has 3 aromatic rings. The van der Waals surface area contributed by atoms with Gasteiger partial charge in [-0.05, 0) is 35.9 Å². The number of oxazole rings is 1. The number of nitrogens with zero attached hydrogens (tertiary/aromatic N) is 1. The number of rotatable bonds is 4. The Morgan fingerprint density at radius 3 is 2.89 bits per heavy atom. The quantitative estimate of drug-likeness (QED) is 0.775. The molecule has 0 aliphatic heterocycles. The summed E-state index contributed by atoms with van der Waals surface area (Å²) in [5, 5.41) is 3.66. The van der Waals surface area contributed by atoms with E-state index >= 15 is 0 Å². The molecule has 4 nitrogen and oxygen atoms in total. The van der Waals surface area contributed by atoms with Crippen molar-refractivity contribution in [3.8, 4) is 11.3 Å². The minimum Gasteiger partial charge on any atom is -0.448 e. The zero-order valence-electron chi connectivity index (χ0n) is 9.97. The molecule has 0 aliphatic rings. The van der Waals surface area contributed by atoms with Crippen LogP contribution in [0.3, 0.4) is 0 Å². The Morgan fingerprint density at radius 2 is 2.16 bits per heavy atom. The van der Waals surface area contributed by atoms with Gasteiger partial charge in [-0.25, -0.2) is 4.98 Å². The van der Waals surface area contributed by atoms with Crippen molar-refractivity contribution in [1.82, 2.24) is 4.98 Å². The van der Waals surface area contributed by atoms with Crippen LogP contribution in [-0.2, 0) is 6.54 Å². The van der Waals surface area contributed by atoms with Crippen molar-refractivity contribution in [2.75, 3.05) is 5.32 Å². The second kappa shape index (κ2) is 5.20. The van der Waals surface area contributed by atoms with Crippen molar-refractivity contribution < 1.29 is 8.83 Å². The van der Waals surface area contributed by atoms with Crippen LogP contribution in [0.25, 0.3) is 11.3 Å². The largest absolute Gasteiger partial charge is 0.448 e. The van der Waals surface area contributed by atoms with Gasteiger partial charge >= 0.3 is 0 Å². The third-order valence-electron chi connectivity index (χ3n) is 2.68. The van der Waals surface area contributed by atoms with Gasteiger partial charge in [0.25, 0.3) is 0 Å². The van der Waals surface area contributed by atoms with Crippen molar-refractivity contribution in [2.24, 2.45) is 0 Å². The van der Waals surface area contributed by atoms with Gasteiger partial charge in [-0.2, -0.15) is 0 Å². The van der Waals surface area contributed by atoms with E-state index in [1.54, 1.807) is 12.3 Å². The Bertz CT molecular complexity index is 662. The first-order valence-corrected chi connectivity index (χ1v) is 6.16. The zero-order valence-corrected chi connectivity index (χ0v) is 10.7. The van der Waals surface area contributed by atoms with Crippen molar-refractivity contribution in [3.05, 3.63) is 60.0 Å². The molecule has 1 aromatic carbocycles. The summed E-state index contributed by atoms with van der Waals surface area (Å²) in [4.78, 5) is 3.91. The number of benzene rings is 1. The van der Waals surface area contributed by atoms with Gasteiger partial charge in [0.2, 0.25) is 0 Å². The van der Waals surface area contributed by atoms with E-state index in [0.717, 1.165) is 22.8 Å². The van der Waals surface area contributed by atoms with E-state index in [1.165, 1.54) is 6.39 Å². The summed E-state index contributed by atoms with van der Waals surface area (Å²) in [6, 6.07) is 11.5. The molecule has 0 unspecified atom stereocenters. The summed E-state index contributed by atoms with van der Waals surface area (Å²) in [5.41, 5.74) is 1.95. The third-order valence-corrected chi connectivity index (χ3v) is 2.88. The van der Waals surface area contributed by atoms with Crippen LogP contribution < -0.4 is 5.32 Å². The molecule has 96 valence electrons. The molecule has 0 saturated heterocycles. The molecular weight excluding hydrogens is 264 g/mol. The molecule has 0 saturated carbocycles. The molecule has 1 N–H and O–H groups in total. The predicted octanol–water partition coefficient (Wildman–Crippen LogP) is 4.20. The molecule has 0 bridgehead atoms. The maximum Gasteiger partial charge on any atom is 0.193 e. The summed E-state index contributed by atoms with van der Waals surface area (Å²) in [6.07, 6.45) is 3.10. The Labute approximate surface area is 115 Å². The van der Waals surface area contributed by atoms with Crippen molar-refractivity contribution >= 4 is 17.3 Å². The fourth-order valence-corrected chi connectivity index (χ4v) is 1.94. The highest BCUT2D eigenvalue weighted by atomic mass is 35.5. The summed E-state index contributed by atoms with van der Waals surface area (Å²) < 4.78 is 10.5. The smallest absolute Gasteiger partial charge is 0.193 e. The van der Waals surface area contributed by atoms with Crippen molar-refractivity contribution in [1.29, 1.82) is 0 Å². The topological polar surface area (TPSA) is 51.2 Å². The lowest BCUT2D eigenvalue weighted by Crippen LogP contribution is -1.97. The summed E-state index contributed by atoms with van der Waals surface area (Å²) in [6.45, 7) is 0.576. The summed E-state index contributed by atoms with van der Waals surface area (Å²) in [7, 11) is 0. The summed E-state index contributed by atoms with van der Waals surface area (Å²) >= 11 is 5.72. The highest BCUT2D eigenvalue weighted by molar-refractivity contribution is 6.28. The van der Waals surface area contributed by atoms with E-state index in [9.17, 15) is 0 Å². The lowest BCUT2D eigenvalue weighted by molar-refractivity contribution is 0.520. The Balaban J connectivity index is 1.73. The number of hydrogen-bond acceptors (Lipinski definition) is 4. The normalized spacial score (nSPS) is 10.6. The van der Waals surface area contributed by atoms with Crippen LogP contribution in [0.2, 0.25) is 5.22 Å².